The number of rotatable bonds is 2. The van der Waals surface area contributed by atoms with Crippen LogP contribution in [-0.4, -0.2) is 33.0 Å². The summed E-state index contributed by atoms with van der Waals surface area (Å²) in [7, 11) is 0. The number of hydrogen-bond acceptors (Lipinski definition) is 3. The van der Waals surface area contributed by atoms with E-state index in [1.165, 1.54) is 11.0 Å². The van der Waals surface area contributed by atoms with Gasteiger partial charge < -0.3 is 5.11 Å². The van der Waals surface area contributed by atoms with Gasteiger partial charge in [-0.25, -0.2) is 4.79 Å². The average Bonchev–Trinajstić information content (AvgIpc) is 2.25. The first-order valence-corrected chi connectivity index (χ1v) is 5.66. The molecule has 0 saturated carbocycles. The van der Waals surface area contributed by atoms with Gasteiger partial charge in [0.15, 0.2) is 0 Å². The SMILES string of the molecule is C=CC1=C(C(=O)O)N2C(=O)[C@@H](C)[C@H]2SC1. The molecule has 15 heavy (non-hydrogen) atoms. The van der Waals surface area contributed by atoms with E-state index in [0.717, 1.165) is 0 Å². The zero-order valence-corrected chi connectivity index (χ0v) is 9.08. The molecule has 2 aliphatic rings. The molecule has 0 radical (unpaired) electrons. The van der Waals surface area contributed by atoms with Gasteiger partial charge >= 0.3 is 5.97 Å². The molecule has 1 N–H and O–H groups in total. The number of carboxylic acid groups (broad SMARTS) is 1. The lowest BCUT2D eigenvalue weighted by atomic mass is 9.98. The Morgan fingerprint density at radius 1 is 1.73 bits per heavy atom. The standard InChI is InChI=1S/C10H11NO3S/c1-3-6-4-15-9-5(2)8(12)11(9)7(6)10(13)14/h3,5,9H,1,4H2,2H3,(H,13,14)/t5-,9-/m1/s1. The van der Waals surface area contributed by atoms with Crippen molar-refractivity contribution in [2.75, 3.05) is 5.75 Å². The largest absolute Gasteiger partial charge is 0.477 e. The average molecular weight is 225 g/mol. The van der Waals surface area contributed by atoms with Gasteiger partial charge in [-0.1, -0.05) is 19.6 Å². The number of carbonyl (C=O) groups is 2. The van der Waals surface area contributed by atoms with Gasteiger partial charge in [0.25, 0.3) is 0 Å². The lowest BCUT2D eigenvalue weighted by molar-refractivity contribution is -0.151. The van der Waals surface area contributed by atoms with E-state index in [1.807, 2.05) is 6.92 Å². The van der Waals surface area contributed by atoms with E-state index in [0.29, 0.717) is 11.3 Å². The molecule has 0 aromatic heterocycles. The fourth-order valence-corrected chi connectivity index (χ4v) is 3.23. The molecule has 0 aliphatic carbocycles. The minimum absolute atomic E-state index is 0.00713. The number of nitrogens with zero attached hydrogens (tertiary/aromatic N) is 1. The number of hydrogen-bond donors (Lipinski definition) is 1. The van der Waals surface area contributed by atoms with E-state index < -0.39 is 5.97 Å². The van der Waals surface area contributed by atoms with Crippen LogP contribution < -0.4 is 0 Å². The Morgan fingerprint density at radius 3 is 2.93 bits per heavy atom. The van der Waals surface area contributed by atoms with Crippen LogP contribution in [0.2, 0.25) is 0 Å². The molecule has 0 aromatic carbocycles. The van der Waals surface area contributed by atoms with E-state index in [1.54, 1.807) is 11.8 Å². The molecule has 2 atom stereocenters. The van der Waals surface area contributed by atoms with Crippen molar-refractivity contribution in [3.63, 3.8) is 0 Å². The summed E-state index contributed by atoms with van der Waals surface area (Å²) in [6.45, 7) is 5.40. The van der Waals surface area contributed by atoms with Crippen LogP contribution in [0.15, 0.2) is 23.9 Å². The molecule has 4 nitrogen and oxygen atoms in total. The summed E-state index contributed by atoms with van der Waals surface area (Å²) in [6, 6.07) is 0. The summed E-state index contributed by atoms with van der Waals surface area (Å²) in [4.78, 5) is 24.0. The first-order valence-electron chi connectivity index (χ1n) is 4.61. The number of allylic oxidation sites excluding steroid dienone is 1. The number of thioether (sulfide) groups is 1. The van der Waals surface area contributed by atoms with Crippen molar-refractivity contribution in [2.24, 2.45) is 5.92 Å². The van der Waals surface area contributed by atoms with Gasteiger partial charge in [-0.05, 0) is 5.57 Å². The maximum absolute atomic E-state index is 11.6. The van der Waals surface area contributed by atoms with Crippen molar-refractivity contribution in [1.82, 2.24) is 4.90 Å². The molecule has 1 amide bonds. The van der Waals surface area contributed by atoms with Crippen LogP contribution in [0, 0.1) is 5.92 Å². The van der Waals surface area contributed by atoms with Crippen molar-refractivity contribution >= 4 is 23.6 Å². The van der Waals surface area contributed by atoms with Crippen molar-refractivity contribution in [2.45, 2.75) is 12.3 Å². The number of fused-ring (bicyclic) bond motifs is 1. The van der Waals surface area contributed by atoms with Gasteiger partial charge in [-0.2, -0.15) is 0 Å². The normalized spacial score (nSPS) is 29.7. The van der Waals surface area contributed by atoms with Crippen LogP contribution >= 0.6 is 11.8 Å². The highest BCUT2D eigenvalue weighted by atomic mass is 32.2. The Hall–Kier alpha value is -1.23. The molecule has 1 fully saturated rings. The predicted octanol–water partition coefficient (Wildman–Crippen LogP) is 1.06. The number of amides is 1. The summed E-state index contributed by atoms with van der Waals surface area (Å²) in [5.41, 5.74) is 0.737. The second-order valence-corrected chi connectivity index (χ2v) is 4.69. The highest BCUT2D eigenvalue weighted by Crippen LogP contribution is 2.43. The zero-order valence-electron chi connectivity index (χ0n) is 8.27. The molecule has 0 unspecified atom stereocenters. The summed E-state index contributed by atoms with van der Waals surface area (Å²) in [5.74, 6) is -0.612. The summed E-state index contributed by atoms with van der Waals surface area (Å²) >= 11 is 1.59. The molecule has 0 aromatic rings. The van der Waals surface area contributed by atoms with Gasteiger partial charge in [-0.15, -0.1) is 11.8 Å². The van der Waals surface area contributed by atoms with E-state index in [2.05, 4.69) is 6.58 Å². The summed E-state index contributed by atoms with van der Waals surface area (Å²) in [6.07, 6.45) is 1.52. The third kappa shape index (κ3) is 1.30. The Kier molecular flexibility index (Phi) is 2.34. The van der Waals surface area contributed by atoms with Gasteiger partial charge in [0.05, 0.1) is 11.3 Å². The van der Waals surface area contributed by atoms with Crippen molar-refractivity contribution < 1.29 is 14.7 Å². The van der Waals surface area contributed by atoms with E-state index in [4.69, 9.17) is 5.11 Å². The third-order valence-electron chi connectivity index (χ3n) is 2.71. The number of carbonyl (C=O) groups excluding carboxylic acids is 1. The Bertz CT molecular complexity index is 388. The molecule has 80 valence electrons. The second kappa shape index (κ2) is 3.41. The molecule has 2 heterocycles. The van der Waals surface area contributed by atoms with E-state index >= 15 is 0 Å². The maximum Gasteiger partial charge on any atom is 0.352 e. The molecular formula is C10H11NO3S. The first kappa shape index (κ1) is 10.3. The van der Waals surface area contributed by atoms with Gasteiger partial charge in [0.1, 0.15) is 5.70 Å². The monoisotopic (exact) mass is 225 g/mol. The van der Waals surface area contributed by atoms with Crippen LogP contribution in [0.5, 0.6) is 0 Å². The van der Waals surface area contributed by atoms with E-state index in [-0.39, 0.29) is 22.9 Å². The quantitative estimate of drug-likeness (QED) is 0.714. The lowest BCUT2D eigenvalue weighted by Gasteiger charge is -2.48. The smallest absolute Gasteiger partial charge is 0.352 e. The molecule has 2 aliphatic heterocycles. The second-order valence-electron chi connectivity index (χ2n) is 3.58. The summed E-state index contributed by atoms with van der Waals surface area (Å²) in [5, 5.41) is 9.05. The fourth-order valence-electron chi connectivity index (χ4n) is 1.86. The summed E-state index contributed by atoms with van der Waals surface area (Å²) < 4.78 is 0. The van der Waals surface area contributed by atoms with Crippen molar-refractivity contribution in [3.8, 4) is 0 Å². The first-order chi connectivity index (χ1) is 7.07. The Balaban J connectivity index is 2.42. The predicted molar refractivity (Wildman–Crippen MR) is 57.1 cm³/mol. The van der Waals surface area contributed by atoms with Crippen molar-refractivity contribution in [3.05, 3.63) is 23.9 Å². The van der Waals surface area contributed by atoms with Gasteiger partial charge in [-0.3, -0.25) is 9.69 Å². The molecular weight excluding hydrogens is 214 g/mol. The Morgan fingerprint density at radius 2 is 2.40 bits per heavy atom. The van der Waals surface area contributed by atoms with Gasteiger partial charge in [0, 0.05) is 5.75 Å². The molecule has 0 bridgehead atoms. The fraction of sp³-hybridized carbons (Fsp3) is 0.400. The zero-order chi connectivity index (χ0) is 11.2. The highest BCUT2D eigenvalue weighted by Gasteiger charge is 2.50. The number of aliphatic carboxylic acids is 1. The molecule has 5 heteroatoms. The lowest BCUT2D eigenvalue weighted by Crippen LogP contribution is -2.60. The molecule has 1 saturated heterocycles. The van der Waals surface area contributed by atoms with Gasteiger partial charge in [0.2, 0.25) is 5.91 Å². The van der Waals surface area contributed by atoms with Crippen molar-refractivity contribution in [1.29, 1.82) is 0 Å². The van der Waals surface area contributed by atoms with Crippen LogP contribution in [0.4, 0.5) is 0 Å². The molecule has 0 spiro atoms. The van der Waals surface area contributed by atoms with E-state index in [9.17, 15) is 9.59 Å². The highest BCUT2D eigenvalue weighted by molar-refractivity contribution is 8.00. The van der Waals surface area contributed by atoms with Crippen LogP contribution in [0.1, 0.15) is 6.92 Å². The number of β-lactam (4-membered cyclic amide) rings is 1. The topological polar surface area (TPSA) is 57.6 Å². The minimum atomic E-state index is -1.05. The van der Waals surface area contributed by atoms with Crippen LogP contribution in [0.25, 0.3) is 0 Å². The number of carboxylic acids is 1. The third-order valence-corrected chi connectivity index (χ3v) is 4.15. The maximum atomic E-state index is 11.6. The minimum Gasteiger partial charge on any atom is -0.477 e. The molecule has 2 rings (SSSR count). The van der Waals surface area contributed by atoms with Crippen LogP contribution in [-0.2, 0) is 9.59 Å². The Labute approximate surface area is 91.6 Å². The van der Waals surface area contributed by atoms with Crippen LogP contribution in [0.3, 0.4) is 0 Å².